The number of likely N-dealkylation sites (N-methyl/N-ethyl adjacent to an activating group) is 1. The highest BCUT2D eigenvalue weighted by Crippen LogP contribution is 2.27. The van der Waals surface area contributed by atoms with Gasteiger partial charge in [-0.2, -0.15) is 0 Å². The summed E-state index contributed by atoms with van der Waals surface area (Å²) in [6.45, 7) is 4.40. The maximum atomic E-state index is 14.5. The fourth-order valence-electron chi connectivity index (χ4n) is 2.96. The van der Waals surface area contributed by atoms with E-state index in [1.165, 1.54) is 11.0 Å². The number of hydrogen-bond acceptors (Lipinski definition) is 3. The molecule has 0 aromatic heterocycles. The van der Waals surface area contributed by atoms with E-state index in [2.05, 4.69) is 15.6 Å². The van der Waals surface area contributed by atoms with E-state index in [1.54, 1.807) is 49.5 Å². The van der Waals surface area contributed by atoms with Crippen LogP contribution in [0.3, 0.4) is 0 Å². The molecular formula is C21H23FN4O2. The zero-order chi connectivity index (χ0) is 20.3. The Kier molecular flexibility index (Phi) is 5.73. The van der Waals surface area contributed by atoms with Gasteiger partial charge < -0.3 is 15.5 Å². The quantitative estimate of drug-likeness (QED) is 0.853. The number of carbonyl (C=O) groups is 2. The number of anilines is 1. The van der Waals surface area contributed by atoms with Gasteiger partial charge in [0.25, 0.3) is 5.91 Å². The monoisotopic (exact) mass is 382 g/mol. The van der Waals surface area contributed by atoms with Gasteiger partial charge in [0.15, 0.2) is 0 Å². The number of benzene rings is 2. The Morgan fingerprint density at radius 3 is 2.46 bits per heavy atom. The second kappa shape index (κ2) is 8.21. The van der Waals surface area contributed by atoms with Gasteiger partial charge in [-0.05, 0) is 24.1 Å². The van der Waals surface area contributed by atoms with Crippen LogP contribution in [0.4, 0.5) is 14.9 Å². The SMILES string of the molecule is CC(C)CNC(=O)NC1N=C(c2ccccc2F)c2ccccc2N(C)C1=O. The largest absolute Gasteiger partial charge is 0.338 e. The summed E-state index contributed by atoms with van der Waals surface area (Å²) in [5.41, 5.74) is 1.81. The first-order valence-corrected chi connectivity index (χ1v) is 9.12. The topological polar surface area (TPSA) is 73.8 Å². The molecule has 28 heavy (non-hydrogen) atoms. The van der Waals surface area contributed by atoms with Crippen molar-refractivity contribution in [2.75, 3.05) is 18.5 Å². The summed E-state index contributed by atoms with van der Waals surface area (Å²) >= 11 is 0. The third-order valence-corrected chi connectivity index (χ3v) is 4.41. The van der Waals surface area contributed by atoms with Gasteiger partial charge in [-0.3, -0.25) is 4.79 Å². The molecule has 1 heterocycles. The van der Waals surface area contributed by atoms with E-state index < -0.39 is 23.9 Å². The van der Waals surface area contributed by atoms with Gasteiger partial charge in [0, 0.05) is 24.7 Å². The van der Waals surface area contributed by atoms with Crippen LogP contribution in [-0.4, -0.2) is 37.4 Å². The molecule has 2 aromatic rings. The number of nitrogens with zero attached hydrogens (tertiary/aromatic N) is 2. The summed E-state index contributed by atoms with van der Waals surface area (Å²) in [4.78, 5) is 31.0. The number of hydrogen-bond donors (Lipinski definition) is 2. The molecule has 3 amide bonds. The normalized spacial score (nSPS) is 16.3. The number of para-hydroxylation sites is 1. The minimum absolute atomic E-state index is 0.264. The van der Waals surface area contributed by atoms with E-state index >= 15 is 0 Å². The van der Waals surface area contributed by atoms with E-state index in [9.17, 15) is 14.0 Å². The fourth-order valence-corrected chi connectivity index (χ4v) is 2.96. The first kappa shape index (κ1) is 19.5. The Bertz CT molecular complexity index is 926. The summed E-state index contributed by atoms with van der Waals surface area (Å²) in [6.07, 6.45) is -1.17. The number of fused-ring (bicyclic) bond motifs is 1. The number of rotatable bonds is 4. The van der Waals surface area contributed by atoms with Crippen molar-refractivity contribution < 1.29 is 14.0 Å². The molecule has 146 valence electrons. The Balaban J connectivity index is 2.04. The minimum Gasteiger partial charge on any atom is -0.338 e. The van der Waals surface area contributed by atoms with Crippen molar-refractivity contribution in [3.05, 3.63) is 65.5 Å². The van der Waals surface area contributed by atoms with E-state index in [0.29, 0.717) is 23.5 Å². The standard InChI is InChI=1S/C21H23FN4O2/c1-13(2)12-23-21(28)25-19-20(27)26(3)17-11-7-5-9-15(17)18(24-19)14-8-4-6-10-16(14)22/h4-11,13,19H,12H2,1-3H3,(H2,23,25,28). The Morgan fingerprint density at radius 2 is 1.79 bits per heavy atom. The number of halogens is 1. The number of benzodiazepines with no additional fused rings is 1. The maximum Gasteiger partial charge on any atom is 0.316 e. The number of carbonyl (C=O) groups excluding carboxylic acids is 2. The summed E-state index contributed by atoms with van der Waals surface area (Å²) in [5.74, 6) is -0.588. The first-order valence-electron chi connectivity index (χ1n) is 9.12. The maximum absolute atomic E-state index is 14.5. The van der Waals surface area contributed by atoms with Gasteiger partial charge in [0.1, 0.15) is 5.82 Å². The van der Waals surface area contributed by atoms with E-state index in [0.717, 1.165) is 0 Å². The highest BCUT2D eigenvalue weighted by atomic mass is 19.1. The molecule has 3 rings (SSSR count). The number of urea groups is 1. The Labute approximate surface area is 163 Å². The molecule has 0 radical (unpaired) electrons. The van der Waals surface area contributed by atoms with Gasteiger partial charge in [0.2, 0.25) is 6.17 Å². The fraction of sp³-hybridized carbons (Fsp3) is 0.286. The lowest BCUT2D eigenvalue weighted by Gasteiger charge is -2.21. The number of amides is 3. The van der Waals surface area contributed by atoms with Gasteiger partial charge in [-0.15, -0.1) is 0 Å². The molecule has 1 aliphatic heterocycles. The van der Waals surface area contributed by atoms with Crippen molar-refractivity contribution in [1.29, 1.82) is 0 Å². The van der Waals surface area contributed by atoms with Crippen molar-refractivity contribution in [1.82, 2.24) is 10.6 Å². The molecule has 1 atom stereocenters. The lowest BCUT2D eigenvalue weighted by atomic mass is 10.00. The third-order valence-electron chi connectivity index (χ3n) is 4.41. The third kappa shape index (κ3) is 4.03. The van der Waals surface area contributed by atoms with Crippen LogP contribution in [-0.2, 0) is 4.79 Å². The van der Waals surface area contributed by atoms with Crippen LogP contribution in [0.15, 0.2) is 53.5 Å². The van der Waals surface area contributed by atoms with Crippen LogP contribution in [0.2, 0.25) is 0 Å². The molecule has 0 saturated carbocycles. The average Bonchev–Trinajstić information content (AvgIpc) is 2.78. The molecular weight excluding hydrogens is 359 g/mol. The molecule has 1 unspecified atom stereocenters. The van der Waals surface area contributed by atoms with Crippen LogP contribution >= 0.6 is 0 Å². The lowest BCUT2D eigenvalue weighted by Crippen LogP contribution is -2.49. The molecule has 0 bridgehead atoms. The van der Waals surface area contributed by atoms with Gasteiger partial charge in [0.05, 0.1) is 11.4 Å². The molecule has 1 aliphatic rings. The highest BCUT2D eigenvalue weighted by Gasteiger charge is 2.31. The predicted octanol–water partition coefficient (Wildman–Crippen LogP) is 2.92. The van der Waals surface area contributed by atoms with Crippen molar-refractivity contribution in [3.8, 4) is 0 Å². The summed E-state index contributed by atoms with van der Waals surface area (Å²) in [6, 6.07) is 12.9. The van der Waals surface area contributed by atoms with Crippen molar-refractivity contribution in [3.63, 3.8) is 0 Å². The summed E-state index contributed by atoms with van der Waals surface area (Å²) in [5, 5.41) is 5.31. The highest BCUT2D eigenvalue weighted by molar-refractivity contribution is 6.20. The van der Waals surface area contributed by atoms with Crippen molar-refractivity contribution in [2.24, 2.45) is 10.9 Å². The molecule has 0 spiro atoms. The first-order chi connectivity index (χ1) is 13.4. The van der Waals surface area contributed by atoms with Crippen LogP contribution in [0.5, 0.6) is 0 Å². The van der Waals surface area contributed by atoms with Gasteiger partial charge >= 0.3 is 6.03 Å². The molecule has 0 saturated heterocycles. The van der Waals surface area contributed by atoms with Crippen LogP contribution < -0.4 is 15.5 Å². The number of aliphatic imine (C=N–C) groups is 1. The smallest absolute Gasteiger partial charge is 0.316 e. The lowest BCUT2D eigenvalue weighted by molar-refractivity contribution is -0.119. The van der Waals surface area contributed by atoms with Crippen molar-refractivity contribution >= 4 is 23.3 Å². The minimum atomic E-state index is -1.17. The molecule has 2 aromatic carbocycles. The summed E-state index contributed by atoms with van der Waals surface area (Å²) < 4.78 is 14.5. The molecule has 2 N–H and O–H groups in total. The predicted molar refractivity (Wildman–Crippen MR) is 107 cm³/mol. The van der Waals surface area contributed by atoms with Crippen LogP contribution in [0.1, 0.15) is 25.0 Å². The van der Waals surface area contributed by atoms with Crippen molar-refractivity contribution in [2.45, 2.75) is 20.0 Å². The summed E-state index contributed by atoms with van der Waals surface area (Å²) in [7, 11) is 1.61. The average molecular weight is 382 g/mol. The second-order valence-electron chi connectivity index (χ2n) is 7.02. The Morgan fingerprint density at radius 1 is 1.14 bits per heavy atom. The van der Waals surface area contributed by atoms with E-state index in [4.69, 9.17) is 0 Å². The van der Waals surface area contributed by atoms with E-state index in [1.807, 2.05) is 13.8 Å². The van der Waals surface area contributed by atoms with Gasteiger partial charge in [-0.1, -0.05) is 44.2 Å². The molecule has 0 aliphatic carbocycles. The molecule has 0 fully saturated rings. The van der Waals surface area contributed by atoms with E-state index in [-0.39, 0.29) is 11.5 Å². The van der Waals surface area contributed by atoms with Crippen LogP contribution in [0.25, 0.3) is 0 Å². The zero-order valence-electron chi connectivity index (χ0n) is 16.1. The number of nitrogens with one attached hydrogen (secondary N) is 2. The second-order valence-corrected chi connectivity index (χ2v) is 7.02. The molecule has 7 heteroatoms. The zero-order valence-corrected chi connectivity index (χ0v) is 16.1. The Hall–Kier alpha value is -3.22. The molecule has 6 nitrogen and oxygen atoms in total. The van der Waals surface area contributed by atoms with Gasteiger partial charge in [-0.25, -0.2) is 14.2 Å². The van der Waals surface area contributed by atoms with Crippen LogP contribution in [0, 0.1) is 11.7 Å².